The van der Waals surface area contributed by atoms with E-state index in [4.69, 9.17) is 23.8 Å². The van der Waals surface area contributed by atoms with Crippen LogP contribution >= 0.6 is 23.8 Å². The molecule has 0 aromatic heterocycles. The number of nitrogens with zero attached hydrogens (tertiary/aromatic N) is 1. The van der Waals surface area contributed by atoms with Gasteiger partial charge in [0.25, 0.3) is 0 Å². The van der Waals surface area contributed by atoms with Crippen LogP contribution < -0.4 is 10.2 Å². The van der Waals surface area contributed by atoms with Gasteiger partial charge in [-0.25, -0.2) is 8.42 Å². The first kappa shape index (κ1) is 19.4. The van der Waals surface area contributed by atoms with Gasteiger partial charge in [-0.3, -0.25) is 0 Å². The second-order valence-electron chi connectivity index (χ2n) is 6.60. The van der Waals surface area contributed by atoms with Gasteiger partial charge in [-0.15, -0.1) is 0 Å². The van der Waals surface area contributed by atoms with Gasteiger partial charge in [-0.05, 0) is 43.3 Å². The quantitative estimate of drug-likeness (QED) is 0.734. The van der Waals surface area contributed by atoms with E-state index in [2.05, 4.69) is 19.4 Å². The molecule has 1 heterocycles. The van der Waals surface area contributed by atoms with Crippen molar-refractivity contribution in [3.63, 3.8) is 0 Å². The Hall–Kier alpha value is -0.890. The van der Waals surface area contributed by atoms with E-state index in [0.29, 0.717) is 23.1 Å². The third-order valence-electron chi connectivity index (χ3n) is 4.19. The Labute approximate surface area is 154 Å². The number of hydrogen-bond acceptors (Lipinski definition) is 3. The zero-order chi connectivity index (χ0) is 17.9. The summed E-state index contributed by atoms with van der Waals surface area (Å²) in [6, 6.07) is 5.63. The lowest BCUT2D eigenvalue weighted by Crippen LogP contribution is -3.06. The van der Waals surface area contributed by atoms with Crippen LogP contribution in [0.3, 0.4) is 0 Å². The molecule has 0 unspecified atom stereocenters. The topological polar surface area (TPSA) is 53.9 Å². The fourth-order valence-corrected chi connectivity index (χ4v) is 4.95. The van der Waals surface area contributed by atoms with Gasteiger partial charge in [-0.1, -0.05) is 17.7 Å². The predicted molar refractivity (Wildman–Crippen MR) is 104 cm³/mol. The van der Waals surface area contributed by atoms with Crippen LogP contribution in [0.5, 0.6) is 0 Å². The molecule has 1 aliphatic heterocycles. The Morgan fingerprint density at radius 3 is 2.71 bits per heavy atom. The lowest BCUT2D eigenvalue weighted by atomic mass is 10.2. The summed E-state index contributed by atoms with van der Waals surface area (Å²) in [5.74, 6) is 0.411. The first-order chi connectivity index (χ1) is 11.2. The fraction of sp³-hybridized carbons (Fsp3) is 0.562. The summed E-state index contributed by atoms with van der Waals surface area (Å²) in [7, 11) is 1.18. The molecule has 2 N–H and O–H groups in total. The molecule has 1 aliphatic rings. The maximum absolute atomic E-state index is 11.8. The molecule has 5 nitrogen and oxygen atoms in total. The van der Waals surface area contributed by atoms with E-state index >= 15 is 0 Å². The Bertz CT molecular complexity index is 707. The van der Waals surface area contributed by atoms with Gasteiger partial charge in [0.2, 0.25) is 0 Å². The fourth-order valence-electron chi connectivity index (χ4n) is 2.68. The number of rotatable bonds is 5. The summed E-state index contributed by atoms with van der Waals surface area (Å²) in [6.45, 7) is 3.54. The van der Waals surface area contributed by atoms with Gasteiger partial charge in [0.15, 0.2) is 14.9 Å². The largest absolute Gasteiger partial charge is 0.339 e. The predicted octanol–water partition coefficient (Wildman–Crippen LogP) is 0.979. The molecule has 24 heavy (non-hydrogen) atoms. The molecule has 0 radical (unpaired) electrons. The lowest BCUT2D eigenvalue weighted by molar-refractivity contribution is -0.857. The molecule has 0 amide bonds. The third-order valence-corrected chi connectivity index (χ3v) is 6.68. The molecule has 0 bridgehead atoms. The third kappa shape index (κ3) is 5.31. The molecule has 0 spiro atoms. The van der Waals surface area contributed by atoms with Gasteiger partial charge < -0.3 is 15.1 Å². The highest BCUT2D eigenvalue weighted by Gasteiger charge is 2.33. The maximum atomic E-state index is 11.8. The summed E-state index contributed by atoms with van der Waals surface area (Å²) >= 11 is 11.7. The van der Waals surface area contributed by atoms with E-state index in [1.165, 1.54) is 4.90 Å². The number of nitrogens with one attached hydrogen (secondary N) is 2. The number of anilines is 1. The molecule has 1 aromatic rings. The van der Waals surface area contributed by atoms with Crippen LogP contribution in [0.15, 0.2) is 18.2 Å². The van der Waals surface area contributed by atoms with Crippen molar-refractivity contribution in [1.82, 2.24) is 4.90 Å². The number of likely N-dealkylation sites (N-methyl/N-ethyl adjacent to an activating group) is 1. The molecule has 1 fully saturated rings. The second kappa shape index (κ2) is 7.99. The van der Waals surface area contributed by atoms with Crippen LogP contribution in [0.2, 0.25) is 5.02 Å². The Morgan fingerprint density at radius 1 is 1.46 bits per heavy atom. The number of benzene rings is 1. The standard InChI is InChI=1S/C16H24ClN3O2S2/c1-12-4-5-13(10-15(12)17)18-16(23)20(8-7-19(2)3)14-6-9-24(21,22)11-14/h4-5,10,14H,6-9,11H2,1-3H3,(H,18,23)/p+1/t14-/m0/s1. The first-order valence-corrected chi connectivity index (χ1v) is 10.6. The number of quaternary nitrogens is 1. The van der Waals surface area contributed by atoms with Crippen LogP contribution in [0.25, 0.3) is 0 Å². The number of hydrogen-bond donors (Lipinski definition) is 2. The Morgan fingerprint density at radius 2 is 2.17 bits per heavy atom. The highest BCUT2D eigenvalue weighted by Crippen LogP contribution is 2.22. The van der Waals surface area contributed by atoms with Gasteiger partial charge in [0.1, 0.15) is 0 Å². The van der Waals surface area contributed by atoms with Crippen molar-refractivity contribution in [2.45, 2.75) is 19.4 Å². The average molecular weight is 391 g/mol. The maximum Gasteiger partial charge on any atom is 0.173 e. The summed E-state index contributed by atoms with van der Waals surface area (Å²) in [5, 5.41) is 4.44. The molecule has 134 valence electrons. The van der Waals surface area contributed by atoms with Crippen molar-refractivity contribution in [1.29, 1.82) is 0 Å². The van der Waals surface area contributed by atoms with Gasteiger partial charge in [0, 0.05) is 16.8 Å². The van der Waals surface area contributed by atoms with Crippen LogP contribution in [0.4, 0.5) is 5.69 Å². The highest BCUT2D eigenvalue weighted by atomic mass is 35.5. The van der Waals surface area contributed by atoms with Gasteiger partial charge >= 0.3 is 0 Å². The van der Waals surface area contributed by atoms with Gasteiger partial charge in [0.05, 0.1) is 38.7 Å². The van der Waals surface area contributed by atoms with E-state index < -0.39 is 9.84 Å². The monoisotopic (exact) mass is 390 g/mol. The molecular formula is C16H25ClN3O2S2+. The molecule has 0 saturated carbocycles. The van der Waals surface area contributed by atoms with E-state index in [-0.39, 0.29) is 17.5 Å². The minimum atomic E-state index is -2.95. The molecule has 0 aliphatic carbocycles. The summed E-state index contributed by atoms with van der Waals surface area (Å²) in [5.41, 5.74) is 1.82. The van der Waals surface area contributed by atoms with E-state index in [1.807, 2.05) is 30.0 Å². The van der Waals surface area contributed by atoms with Crippen LogP contribution in [-0.2, 0) is 9.84 Å². The number of sulfone groups is 1. The molecular weight excluding hydrogens is 366 g/mol. The van der Waals surface area contributed by atoms with Crippen molar-refractivity contribution in [2.75, 3.05) is 44.0 Å². The summed E-state index contributed by atoms with van der Waals surface area (Å²) in [4.78, 5) is 3.31. The summed E-state index contributed by atoms with van der Waals surface area (Å²) in [6.07, 6.45) is 0.627. The van der Waals surface area contributed by atoms with Gasteiger partial charge in [-0.2, -0.15) is 0 Å². The molecule has 8 heteroatoms. The lowest BCUT2D eigenvalue weighted by Gasteiger charge is -2.31. The van der Waals surface area contributed by atoms with E-state index in [9.17, 15) is 8.42 Å². The van der Waals surface area contributed by atoms with Crippen molar-refractivity contribution in [3.8, 4) is 0 Å². The Balaban J connectivity index is 2.12. The minimum Gasteiger partial charge on any atom is -0.339 e. The molecule has 1 saturated heterocycles. The van der Waals surface area contributed by atoms with Crippen molar-refractivity contribution in [3.05, 3.63) is 28.8 Å². The molecule has 2 rings (SSSR count). The Kier molecular flexibility index (Phi) is 6.47. The highest BCUT2D eigenvalue weighted by molar-refractivity contribution is 7.91. The first-order valence-electron chi connectivity index (χ1n) is 8.01. The second-order valence-corrected chi connectivity index (χ2v) is 9.62. The normalized spacial score (nSPS) is 19.5. The van der Waals surface area contributed by atoms with Crippen molar-refractivity contribution < 1.29 is 13.3 Å². The van der Waals surface area contributed by atoms with Crippen molar-refractivity contribution >= 4 is 44.5 Å². The van der Waals surface area contributed by atoms with Crippen LogP contribution in [-0.4, -0.2) is 63.2 Å². The van der Waals surface area contributed by atoms with Crippen LogP contribution in [0.1, 0.15) is 12.0 Å². The van der Waals surface area contributed by atoms with E-state index in [1.54, 1.807) is 0 Å². The van der Waals surface area contributed by atoms with Crippen LogP contribution in [0, 0.1) is 6.92 Å². The average Bonchev–Trinajstić information content (AvgIpc) is 2.83. The smallest absolute Gasteiger partial charge is 0.173 e. The zero-order valence-corrected chi connectivity index (χ0v) is 16.7. The molecule has 1 atom stereocenters. The van der Waals surface area contributed by atoms with E-state index in [0.717, 1.165) is 17.8 Å². The number of aryl methyl sites for hydroxylation is 1. The minimum absolute atomic E-state index is 0.0599. The van der Waals surface area contributed by atoms with Crippen molar-refractivity contribution in [2.24, 2.45) is 0 Å². The zero-order valence-electron chi connectivity index (χ0n) is 14.3. The number of halogens is 1. The molecule has 1 aromatic carbocycles. The summed E-state index contributed by atoms with van der Waals surface area (Å²) < 4.78 is 23.7. The SMILES string of the molecule is Cc1ccc(NC(=S)N(CC[NH+](C)C)[C@H]2CCS(=O)(=O)C2)cc1Cl. The number of thiocarbonyl (C=S) groups is 1.